The first kappa shape index (κ1) is 14.9. The van der Waals surface area contributed by atoms with E-state index < -0.39 is 18.4 Å². The minimum atomic E-state index is -2.09. The third kappa shape index (κ3) is 2.72. The maximum absolute atomic E-state index is 12.4. The molecule has 1 aromatic carbocycles. The summed E-state index contributed by atoms with van der Waals surface area (Å²) in [6.45, 7) is 0.725. The standard InChI is InChI=1S/C14H14NO2.3CH3.Sn/c1-17-13-6-2-10(3-7-13)9-15-12-5-4-11(8-12)14(15)16;;;;/h2-4,6-7,11-12H,8-9H2,1H3;3*1H3;/t11-,12+;;;;/m0..../s1. The molecule has 0 N–H and O–H groups in total. The summed E-state index contributed by atoms with van der Waals surface area (Å²) in [7, 11) is 1.67. The van der Waals surface area contributed by atoms with E-state index in [2.05, 4.69) is 37.9 Å². The van der Waals surface area contributed by atoms with Crippen molar-refractivity contribution in [3.05, 3.63) is 39.5 Å². The van der Waals surface area contributed by atoms with Gasteiger partial charge in [0.2, 0.25) is 0 Å². The molecule has 0 radical (unpaired) electrons. The number of ether oxygens (including phenoxy) is 1. The summed E-state index contributed by atoms with van der Waals surface area (Å²) in [5.41, 5.74) is 1.18. The van der Waals surface area contributed by atoms with E-state index >= 15 is 0 Å². The third-order valence-corrected chi connectivity index (χ3v) is 10.9. The zero-order chi connectivity index (χ0) is 15.2. The van der Waals surface area contributed by atoms with Crippen molar-refractivity contribution in [1.29, 1.82) is 0 Å². The molecule has 1 aliphatic heterocycles. The van der Waals surface area contributed by atoms with Crippen LogP contribution in [0.15, 0.2) is 33.9 Å². The van der Waals surface area contributed by atoms with Gasteiger partial charge in [-0.25, -0.2) is 0 Å². The number of hydrogen-bond acceptors (Lipinski definition) is 2. The van der Waals surface area contributed by atoms with E-state index in [1.807, 2.05) is 12.1 Å². The van der Waals surface area contributed by atoms with Crippen LogP contribution >= 0.6 is 0 Å². The first-order valence-electron chi connectivity index (χ1n) is 7.56. The number of amides is 1. The van der Waals surface area contributed by atoms with E-state index in [9.17, 15) is 4.79 Å². The fourth-order valence-electron chi connectivity index (χ4n) is 3.46. The van der Waals surface area contributed by atoms with Gasteiger partial charge in [0.1, 0.15) is 0 Å². The third-order valence-electron chi connectivity index (χ3n) is 4.57. The molecule has 1 fully saturated rings. The van der Waals surface area contributed by atoms with Gasteiger partial charge in [0.05, 0.1) is 0 Å². The molecule has 2 atom stereocenters. The Bertz CT molecular complexity index is 586. The molecule has 1 saturated heterocycles. The van der Waals surface area contributed by atoms with Crippen molar-refractivity contribution in [2.45, 2.75) is 33.8 Å². The molecule has 2 aliphatic rings. The molecule has 3 nitrogen and oxygen atoms in total. The second-order valence-electron chi connectivity index (χ2n) is 7.04. The Balaban J connectivity index is 1.80. The van der Waals surface area contributed by atoms with Gasteiger partial charge in [0, 0.05) is 0 Å². The van der Waals surface area contributed by atoms with E-state index in [0.717, 1.165) is 18.7 Å². The maximum atomic E-state index is 12.4. The number of nitrogens with zero attached hydrogens (tertiary/aromatic N) is 1. The molecular weight excluding hydrogens is 369 g/mol. The van der Waals surface area contributed by atoms with E-state index in [0.29, 0.717) is 11.9 Å². The second kappa shape index (κ2) is 5.34. The Hall–Kier alpha value is -0.971. The Morgan fingerprint density at radius 1 is 1.24 bits per heavy atom. The summed E-state index contributed by atoms with van der Waals surface area (Å²) in [6, 6.07) is 8.42. The Labute approximate surface area is 130 Å². The summed E-state index contributed by atoms with van der Waals surface area (Å²) in [6.07, 6.45) is 3.31. The summed E-state index contributed by atoms with van der Waals surface area (Å²) >= 11 is -2.09. The quantitative estimate of drug-likeness (QED) is 0.737. The number of benzene rings is 1. The number of hydrogen-bond donors (Lipinski definition) is 0. The van der Waals surface area contributed by atoms with Gasteiger partial charge in [0.15, 0.2) is 0 Å². The van der Waals surface area contributed by atoms with Crippen molar-refractivity contribution in [2.75, 3.05) is 7.11 Å². The van der Waals surface area contributed by atoms with Crippen LogP contribution in [0.25, 0.3) is 0 Å². The van der Waals surface area contributed by atoms with E-state index in [1.165, 1.54) is 5.56 Å². The van der Waals surface area contributed by atoms with Crippen molar-refractivity contribution in [2.24, 2.45) is 5.92 Å². The molecule has 0 saturated carbocycles. The van der Waals surface area contributed by atoms with Gasteiger partial charge in [-0.15, -0.1) is 0 Å². The fraction of sp³-hybridized carbons (Fsp3) is 0.471. The van der Waals surface area contributed by atoms with Crippen molar-refractivity contribution in [3.8, 4) is 5.75 Å². The Kier molecular flexibility index (Phi) is 3.80. The average molecular weight is 392 g/mol. The Morgan fingerprint density at radius 2 is 1.90 bits per heavy atom. The molecule has 1 amide bonds. The van der Waals surface area contributed by atoms with Gasteiger partial charge in [-0.2, -0.15) is 0 Å². The first-order chi connectivity index (χ1) is 9.90. The molecule has 0 unspecified atom stereocenters. The van der Waals surface area contributed by atoms with E-state index in [1.54, 1.807) is 10.7 Å². The van der Waals surface area contributed by atoms with Gasteiger partial charge in [0.25, 0.3) is 0 Å². The Morgan fingerprint density at radius 3 is 2.43 bits per heavy atom. The van der Waals surface area contributed by atoms with Crippen molar-refractivity contribution >= 4 is 24.3 Å². The van der Waals surface area contributed by atoms with Crippen LogP contribution in [0.2, 0.25) is 14.8 Å². The number of methoxy groups -OCH3 is 1. The number of likely N-dealkylation sites (tertiary alicyclic amines) is 1. The molecule has 0 spiro atoms. The molecule has 2 bridgehead atoms. The van der Waals surface area contributed by atoms with Crippen molar-refractivity contribution in [1.82, 2.24) is 4.90 Å². The van der Waals surface area contributed by atoms with E-state index in [-0.39, 0.29) is 5.92 Å². The number of carbonyl (C=O) groups is 1. The number of carbonyl (C=O) groups excluding carboxylic acids is 1. The summed E-state index contributed by atoms with van der Waals surface area (Å²) in [4.78, 5) is 21.9. The topological polar surface area (TPSA) is 29.5 Å². The number of fused-ring (bicyclic) bond motifs is 2. The van der Waals surface area contributed by atoms with Crippen LogP contribution in [-0.2, 0) is 11.3 Å². The molecule has 21 heavy (non-hydrogen) atoms. The monoisotopic (exact) mass is 393 g/mol. The predicted octanol–water partition coefficient (Wildman–Crippen LogP) is 3.23. The molecule has 4 heteroatoms. The van der Waals surface area contributed by atoms with Crippen LogP contribution in [0.1, 0.15) is 12.0 Å². The van der Waals surface area contributed by atoms with Gasteiger partial charge in [-0.1, -0.05) is 0 Å². The number of rotatable bonds is 4. The first-order valence-corrected chi connectivity index (χ1v) is 17.5. The SMILES string of the molecule is COc1ccc(CN2C(=O)[C@H]3C=[C]([Sn]([CH3])([CH3])[CH3])[C@@H]2C3)cc1. The van der Waals surface area contributed by atoms with Gasteiger partial charge >= 0.3 is 131 Å². The normalized spacial score (nSPS) is 24.5. The molecule has 0 aromatic heterocycles. The average Bonchev–Trinajstić information content (AvgIpc) is 3.00. The predicted molar refractivity (Wildman–Crippen MR) is 86.9 cm³/mol. The van der Waals surface area contributed by atoms with Crippen molar-refractivity contribution in [3.63, 3.8) is 0 Å². The molecule has 1 aliphatic carbocycles. The van der Waals surface area contributed by atoms with Crippen LogP contribution in [0.4, 0.5) is 0 Å². The van der Waals surface area contributed by atoms with Crippen LogP contribution in [-0.4, -0.2) is 42.3 Å². The fourth-order valence-corrected chi connectivity index (χ4v) is 9.10. The van der Waals surface area contributed by atoms with Gasteiger partial charge < -0.3 is 0 Å². The van der Waals surface area contributed by atoms with Crippen LogP contribution < -0.4 is 4.74 Å². The zero-order valence-electron chi connectivity index (χ0n) is 13.2. The van der Waals surface area contributed by atoms with Crippen LogP contribution in [0.5, 0.6) is 5.75 Å². The summed E-state index contributed by atoms with van der Waals surface area (Å²) in [5, 5.41) is 0. The molecule has 1 aromatic rings. The van der Waals surface area contributed by atoms with Gasteiger partial charge in [-0.3, -0.25) is 0 Å². The van der Waals surface area contributed by atoms with Crippen LogP contribution in [0, 0.1) is 5.92 Å². The molecule has 3 rings (SSSR count). The van der Waals surface area contributed by atoms with E-state index in [4.69, 9.17) is 4.74 Å². The molecule has 112 valence electrons. The van der Waals surface area contributed by atoms with Crippen molar-refractivity contribution < 1.29 is 9.53 Å². The minimum absolute atomic E-state index is 0.152. The van der Waals surface area contributed by atoms with Crippen LogP contribution in [0.3, 0.4) is 0 Å². The summed E-state index contributed by atoms with van der Waals surface area (Å²) in [5.74, 6) is 1.33. The molecular formula is C17H23NO2Sn. The molecule has 1 heterocycles. The summed E-state index contributed by atoms with van der Waals surface area (Å²) < 4.78 is 6.82. The van der Waals surface area contributed by atoms with Gasteiger partial charge in [-0.05, 0) is 0 Å². The second-order valence-corrected chi connectivity index (χ2v) is 21.5. The zero-order valence-corrected chi connectivity index (χ0v) is 16.1.